The van der Waals surface area contributed by atoms with Gasteiger partial charge in [-0.15, -0.1) is 0 Å². The maximum atomic E-state index is 12.7. The van der Waals surface area contributed by atoms with Crippen molar-refractivity contribution >= 4 is 22.6 Å². The summed E-state index contributed by atoms with van der Waals surface area (Å²) in [4.78, 5) is 22.6. The number of pyridine rings is 1. The summed E-state index contributed by atoms with van der Waals surface area (Å²) >= 11 is 0. The Balaban J connectivity index is 1.37. The van der Waals surface area contributed by atoms with Crippen molar-refractivity contribution in [2.24, 2.45) is 5.92 Å². The summed E-state index contributed by atoms with van der Waals surface area (Å²) in [6.45, 7) is 2.16. The van der Waals surface area contributed by atoms with Gasteiger partial charge in [0.05, 0.1) is 19.6 Å². The van der Waals surface area contributed by atoms with Crippen molar-refractivity contribution in [1.82, 2.24) is 15.3 Å². The molecule has 2 N–H and O–H groups in total. The number of ether oxygens (including phenoxy) is 1. The molecule has 0 aliphatic carbocycles. The molecular weight excluding hydrogens is 340 g/mol. The molecule has 1 aliphatic heterocycles. The summed E-state index contributed by atoms with van der Waals surface area (Å²) in [6.07, 6.45) is 3.71. The average Bonchev–Trinajstić information content (AvgIpc) is 3.14. The minimum absolute atomic E-state index is 0.00905. The van der Waals surface area contributed by atoms with Crippen LogP contribution in [0.2, 0.25) is 0 Å². The van der Waals surface area contributed by atoms with E-state index in [4.69, 9.17) is 4.74 Å². The molecule has 0 radical (unpaired) electrons. The number of carbonyl (C=O) groups excluding carboxylic acids is 1. The lowest BCUT2D eigenvalue weighted by Gasteiger charge is -2.32. The van der Waals surface area contributed by atoms with E-state index in [1.807, 2.05) is 36.4 Å². The van der Waals surface area contributed by atoms with Crippen LogP contribution in [0.3, 0.4) is 0 Å². The van der Waals surface area contributed by atoms with Gasteiger partial charge in [-0.3, -0.25) is 4.79 Å². The molecule has 1 amide bonds. The van der Waals surface area contributed by atoms with Crippen molar-refractivity contribution in [2.75, 3.05) is 25.1 Å². The average molecular weight is 364 g/mol. The number of H-pyrrole nitrogens is 1. The molecule has 3 heterocycles. The van der Waals surface area contributed by atoms with Crippen LogP contribution in [0.4, 0.5) is 5.82 Å². The molecule has 0 spiro atoms. The van der Waals surface area contributed by atoms with Gasteiger partial charge in [-0.2, -0.15) is 0 Å². The second kappa shape index (κ2) is 7.70. The fourth-order valence-corrected chi connectivity index (χ4v) is 3.66. The molecule has 6 nitrogen and oxygen atoms in total. The van der Waals surface area contributed by atoms with Crippen LogP contribution < -0.4 is 15.0 Å². The summed E-state index contributed by atoms with van der Waals surface area (Å²) in [5.74, 6) is 1.87. The smallest absolute Gasteiger partial charge is 0.225 e. The summed E-state index contributed by atoms with van der Waals surface area (Å²) in [6, 6.07) is 13.9. The molecule has 0 saturated carbocycles. The number of nitrogens with one attached hydrogen (secondary N) is 2. The first-order valence-electron chi connectivity index (χ1n) is 9.32. The van der Waals surface area contributed by atoms with E-state index in [1.165, 1.54) is 0 Å². The van der Waals surface area contributed by atoms with Gasteiger partial charge in [-0.1, -0.05) is 6.07 Å². The molecule has 1 aromatic carbocycles. The highest BCUT2D eigenvalue weighted by atomic mass is 16.5. The van der Waals surface area contributed by atoms with Crippen LogP contribution in [0.15, 0.2) is 48.7 Å². The predicted molar refractivity (Wildman–Crippen MR) is 106 cm³/mol. The number of fused-ring (bicyclic) bond motifs is 1. The van der Waals surface area contributed by atoms with Crippen molar-refractivity contribution < 1.29 is 9.53 Å². The third-order valence-electron chi connectivity index (χ3n) is 5.10. The Bertz CT molecular complexity index is 922. The van der Waals surface area contributed by atoms with Crippen molar-refractivity contribution in [3.63, 3.8) is 0 Å². The monoisotopic (exact) mass is 364 g/mol. The van der Waals surface area contributed by atoms with E-state index >= 15 is 0 Å². The number of rotatable bonds is 5. The molecule has 1 atom stereocenters. The zero-order valence-corrected chi connectivity index (χ0v) is 15.4. The van der Waals surface area contributed by atoms with Crippen LogP contribution in [0.1, 0.15) is 18.5 Å². The number of carbonyl (C=O) groups is 1. The van der Waals surface area contributed by atoms with Gasteiger partial charge in [0, 0.05) is 35.9 Å². The van der Waals surface area contributed by atoms with E-state index in [2.05, 4.69) is 26.3 Å². The topological polar surface area (TPSA) is 70.2 Å². The number of piperidine rings is 1. The van der Waals surface area contributed by atoms with Crippen LogP contribution in [0.5, 0.6) is 5.75 Å². The van der Waals surface area contributed by atoms with E-state index < -0.39 is 0 Å². The highest BCUT2D eigenvalue weighted by molar-refractivity contribution is 5.83. The summed E-state index contributed by atoms with van der Waals surface area (Å²) in [5.41, 5.74) is 2.03. The summed E-state index contributed by atoms with van der Waals surface area (Å²) < 4.78 is 5.26. The van der Waals surface area contributed by atoms with Gasteiger partial charge in [0.25, 0.3) is 0 Å². The molecule has 27 heavy (non-hydrogen) atoms. The van der Waals surface area contributed by atoms with Crippen molar-refractivity contribution in [3.8, 4) is 5.75 Å². The zero-order chi connectivity index (χ0) is 18.6. The normalized spacial score (nSPS) is 17.1. The number of amides is 1. The molecule has 1 aliphatic rings. The number of nitrogens with zero attached hydrogens (tertiary/aromatic N) is 2. The molecule has 140 valence electrons. The van der Waals surface area contributed by atoms with E-state index in [9.17, 15) is 4.79 Å². The maximum absolute atomic E-state index is 12.7. The predicted octanol–water partition coefficient (Wildman–Crippen LogP) is 3.10. The van der Waals surface area contributed by atoms with E-state index in [0.29, 0.717) is 13.1 Å². The van der Waals surface area contributed by atoms with Crippen LogP contribution in [0, 0.1) is 5.92 Å². The van der Waals surface area contributed by atoms with Gasteiger partial charge in [0.2, 0.25) is 5.91 Å². The molecule has 0 bridgehead atoms. The highest BCUT2D eigenvalue weighted by Crippen LogP contribution is 2.23. The lowest BCUT2D eigenvalue weighted by atomic mass is 9.97. The number of hydrogen-bond acceptors (Lipinski definition) is 4. The van der Waals surface area contributed by atoms with Gasteiger partial charge in [0.15, 0.2) is 0 Å². The maximum Gasteiger partial charge on any atom is 0.225 e. The number of benzene rings is 1. The lowest BCUT2D eigenvalue weighted by molar-refractivity contribution is -0.125. The van der Waals surface area contributed by atoms with Crippen LogP contribution in [-0.2, 0) is 11.3 Å². The minimum atomic E-state index is -0.00905. The van der Waals surface area contributed by atoms with Gasteiger partial charge < -0.3 is 19.9 Å². The fraction of sp³-hybridized carbons (Fsp3) is 0.333. The van der Waals surface area contributed by atoms with Crippen LogP contribution in [-0.4, -0.2) is 36.1 Å². The largest absolute Gasteiger partial charge is 0.497 e. The Morgan fingerprint density at radius 1 is 1.33 bits per heavy atom. The number of hydrogen-bond donors (Lipinski definition) is 2. The molecule has 1 saturated heterocycles. The number of anilines is 1. The van der Waals surface area contributed by atoms with Crippen molar-refractivity contribution in [1.29, 1.82) is 0 Å². The second-order valence-corrected chi connectivity index (χ2v) is 6.94. The van der Waals surface area contributed by atoms with Gasteiger partial charge in [-0.25, -0.2) is 4.98 Å². The Kier molecular flexibility index (Phi) is 4.96. The standard InChI is InChI=1S/C21H24N4O2/c1-27-18-7-8-19-16(12-18)11-17(24-19)13-23-21(26)15-5-4-10-25(14-15)20-6-2-3-9-22-20/h2-3,6-9,11-12,15,24H,4-5,10,13-14H2,1H3,(H,23,26)/t15-/m0/s1. The SMILES string of the molecule is COc1ccc2[nH]c(CNC(=O)[C@H]3CCCN(c4ccccn4)C3)cc2c1. The lowest BCUT2D eigenvalue weighted by Crippen LogP contribution is -2.43. The number of methoxy groups -OCH3 is 1. The first-order valence-corrected chi connectivity index (χ1v) is 9.32. The fourth-order valence-electron chi connectivity index (χ4n) is 3.66. The number of aromatic amines is 1. The third-order valence-corrected chi connectivity index (χ3v) is 5.10. The Morgan fingerprint density at radius 3 is 3.07 bits per heavy atom. The first-order chi connectivity index (χ1) is 13.2. The van der Waals surface area contributed by atoms with Crippen molar-refractivity contribution in [2.45, 2.75) is 19.4 Å². The van der Waals surface area contributed by atoms with Gasteiger partial charge >= 0.3 is 0 Å². The molecule has 4 rings (SSSR count). The zero-order valence-electron chi connectivity index (χ0n) is 15.4. The van der Waals surface area contributed by atoms with Gasteiger partial charge in [-0.05, 0) is 49.2 Å². The molecular formula is C21H24N4O2. The molecule has 0 unspecified atom stereocenters. The second-order valence-electron chi connectivity index (χ2n) is 6.94. The van der Waals surface area contributed by atoms with Crippen molar-refractivity contribution in [3.05, 3.63) is 54.4 Å². The molecule has 1 fully saturated rings. The van der Waals surface area contributed by atoms with E-state index in [0.717, 1.165) is 47.6 Å². The summed E-state index contributed by atoms with van der Waals surface area (Å²) in [5, 5.41) is 4.16. The van der Waals surface area contributed by atoms with Crippen LogP contribution >= 0.6 is 0 Å². The first kappa shape index (κ1) is 17.4. The molecule has 6 heteroatoms. The third kappa shape index (κ3) is 3.89. The molecule has 3 aromatic rings. The summed E-state index contributed by atoms with van der Waals surface area (Å²) in [7, 11) is 1.66. The van der Waals surface area contributed by atoms with Gasteiger partial charge in [0.1, 0.15) is 11.6 Å². The number of aromatic nitrogens is 2. The Labute approximate surface area is 158 Å². The minimum Gasteiger partial charge on any atom is -0.497 e. The Hall–Kier alpha value is -3.02. The van der Waals surface area contributed by atoms with E-state index in [-0.39, 0.29) is 11.8 Å². The van der Waals surface area contributed by atoms with E-state index in [1.54, 1.807) is 13.3 Å². The molecule has 2 aromatic heterocycles. The quantitative estimate of drug-likeness (QED) is 0.730. The highest BCUT2D eigenvalue weighted by Gasteiger charge is 2.26. The van der Waals surface area contributed by atoms with Crippen LogP contribution in [0.25, 0.3) is 10.9 Å². The Morgan fingerprint density at radius 2 is 2.26 bits per heavy atom.